The molecule has 3 heteroatoms. The third kappa shape index (κ3) is 10.6. The third-order valence-electron chi connectivity index (χ3n) is 2.10. The smallest absolute Gasteiger partial charge is 0.185 e. The molecule has 1 aromatic heterocycles. The van der Waals surface area contributed by atoms with Crippen LogP contribution in [-0.2, 0) is 4.79 Å². The summed E-state index contributed by atoms with van der Waals surface area (Å²) in [6, 6.07) is 3.27. The van der Waals surface area contributed by atoms with Gasteiger partial charge in [-0.05, 0) is 31.1 Å². The van der Waals surface area contributed by atoms with Gasteiger partial charge in [-0.3, -0.25) is 9.59 Å². The van der Waals surface area contributed by atoms with Crippen molar-refractivity contribution in [3.8, 4) is 0 Å². The van der Waals surface area contributed by atoms with Crippen molar-refractivity contribution in [2.45, 2.75) is 39.0 Å². The average molecular weight is 236 g/mol. The standard InChI is InChI=1S/C9H16O.C5H4O2/c1-2-3-4-5-6-7-8-9-10;6-4-5-2-1-3-7-5/h7-9H,2-6H2,1H3;1-4H/b8-7+;. The van der Waals surface area contributed by atoms with E-state index in [0.717, 1.165) is 12.7 Å². The van der Waals surface area contributed by atoms with Crippen LogP contribution in [0.3, 0.4) is 0 Å². The molecule has 0 radical (unpaired) electrons. The molecule has 1 aromatic rings. The van der Waals surface area contributed by atoms with E-state index in [1.54, 1.807) is 18.2 Å². The number of aldehydes is 2. The lowest BCUT2D eigenvalue weighted by Gasteiger charge is -1.92. The van der Waals surface area contributed by atoms with E-state index in [-0.39, 0.29) is 0 Å². The van der Waals surface area contributed by atoms with E-state index in [1.807, 2.05) is 6.08 Å². The number of hydrogen-bond donors (Lipinski definition) is 0. The summed E-state index contributed by atoms with van der Waals surface area (Å²) in [7, 11) is 0. The number of allylic oxidation sites excluding steroid dienone is 2. The van der Waals surface area contributed by atoms with Crippen molar-refractivity contribution in [2.75, 3.05) is 0 Å². The van der Waals surface area contributed by atoms with Crippen molar-refractivity contribution < 1.29 is 14.0 Å². The summed E-state index contributed by atoms with van der Waals surface area (Å²) in [4.78, 5) is 19.6. The minimum atomic E-state index is 0.375. The predicted octanol–water partition coefficient (Wildman–Crippen LogP) is 3.80. The van der Waals surface area contributed by atoms with Gasteiger partial charge in [-0.25, -0.2) is 0 Å². The quantitative estimate of drug-likeness (QED) is 0.411. The Morgan fingerprint density at radius 3 is 2.53 bits per heavy atom. The second kappa shape index (κ2) is 12.4. The minimum absolute atomic E-state index is 0.375. The number of unbranched alkanes of at least 4 members (excludes halogenated alkanes) is 4. The van der Waals surface area contributed by atoms with E-state index in [9.17, 15) is 9.59 Å². The average Bonchev–Trinajstić information content (AvgIpc) is 2.87. The van der Waals surface area contributed by atoms with Crippen molar-refractivity contribution in [3.05, 3.63) is 36.3 Å². The van der Waals surface area contributed by atoms with Crippen molar-refractivity contribution in [1.29, 1.82) is 0 Å². The van der Waals surface area contributed by atoms with Gasteiger partial charge in [-0.15, -0.1) is 0 Å². The largest absolute Gasteiger partial charge is 0.462 e. The number of rotatable bonds is 7. The Labute approximate surface area is 103 Å². The molecule has 0 aromatic carbocycles. The summed E-state index contributed by atoms with van der Waals surface area (Å²) in [5.74, 6) is 0.375. The number of carbonyl (C=O) groups is 2. The molecule has 1 heterocycles. The van der Waals surface area contributed by atoms with Gasteiger partial charge in [0.05, 0.1) is 6.26 Å². The number of hydrogen-bond acceptors (Lipinski definition) is 3. The first-order valence-electron chi connectivity index (χ1n) is 5.94. The van der Waals surface area contributed by atoms with Crippen molar-refractivity contribution >= 4 is 12.6 Å². The molecule has 0 fully saturated rings. The molecule has 17 heavy (non-hydrogen) atoms. The van der Waals surface area contributed by atoms with Crippen LogP contribution in [0.5, 0.6) is 0 Å². The highest BCUT2D eigenvalue weighted by molar-refractivity contribution is 5.69. The van der Waals surface area contributed by atoms with Gasteiger partial charge in [0.2, 0.25) is 0 Å². The molecule has 3 nitrogen and oxygen atoms in total. The Morgan fingerprint density at radius 1 is 1.24 bits per heavy atom. The molecule has 0 amide bonds. The van der Waals surface area contributed by atoms with Crippen LogP contribution in [0.4, 0.5) is 0 Å². The summed E-state index contributed by atoms with van der Waals surface area (Å²) >= 11 is 0. The molecule has 0 saturated heterocycles. The molecule has 0 spiro atoms. The molecule has 94 valence electrons. The Kier molecular flexibility index (Phi) is 11.2. The molecule has 0 bridgehead atoms. The number of furan rings is 1. The maximum Gasteiger partial charge on any atom is 0.185 e. The molecule has 0 aliphatic heterocycles. The zero-order valence-electron chi connectivity index (χ0n) is 10.3. The van der Waals surface area contributed by atoms with Gasteiger partial charge in [0.15, 0.2) is 12.0 Å². The van der Waals surface area contributed by atoms with Crippen LogP contribution in [0.15, 0.2) is 35.0 Å². The summed E-state index contributed by atoms with van der Waals surface area (Å²) < 4.78 is 4.61. The summed E-state index contributed by atoms with van der Waals surface area (Å²) in [5, 5.41) is 0. The monoisotopic (exact) mass is 236 g/mol. The maximum atomic E-state index is 9.81. The zero-order valence-corrected chi connectivity index (χ0v) is 10.3. The second-order valence-corrected chi connectivity index (χ2v) is 3.55. The molecule has 0 aliphatic rings. The topological polar surface area (TPSA) is 47.3 Å². The lowest BCUT2D eigenvalue weighted by atomic mass is 10.1. The first-order chi connectivity index (χ1) is 8.35. The first kappa shape index (κ1) is 15.4. The second-order valence-electron chi connectivity index (χ2n) is 3.55. The fourth-order valence-electron chi connectivity index (χ4n) is 1.20. The third-order valence-corrected chi connectivity index (χ3v) is 2.10. The van der Waals surface area contributed by atoms with E-state index in [1.165, 1.54) is 31.9 Å². The summed E-state index contributed by atoms with van der Waals surface area (Å²) in [5.41, 5.74) is 0. The van der Waals surface area contributed by atoms with Crippen molar-refractivity contribution in [2.24, 2.45) is 0 Å². The van der Waals surface area contributed by atoms with Crippen LogP contribution in [0.2, 0.25) is 0 Å². The minimum Gasteiger partial charge on any atom is -0.462 e. The van der Waals surface area contributed by atoms with Gasteiger partial charge in [0, 0.05) is 0 Å². The van der Waals surface area contributed by atoms with Crippen LogP contribution in [0, 0.1) is 0 Å². The zero-order chi connectivity index (χ0) is 12.8. The van der Waals surface area contributed by atoms with E-state index in [4.69, 9.17) is 0 Å². The highest BCUT2D eigenvalue weighted by Crippen LogP contribution is 2.02. The van der Waals surface area contributed by atoms with Crippen LogP contribution in [-0.4, -0.2) is 12.6 Å². The van der Waals surface area contributed by atoms with Gasteiger partial charge < -0.3 is 4.42 Å². The van der Waals surface area contributed by atoms with Gasteiger partial charge in [0.1, 0.15) is 6.29 Å². The number of carbonyl (C=O) groups excluding carboxylic acids is 2. The Balaban J connectivity index is 0.000000318. The van der Waals surface area contributed by atoms with Crippen LogP contribution in [0.25, 0.3) is 0 Å². The molecular formula is C14H20O3. The van der Waals surface area contributed by atoms with Crippen LogP contribution < -0.4 is 0 Å². The van der Waals surface area contributed by atoms with Crippen LogP contribution >= 0.6 is 0 Å². The highest BCUT2D eigenvalue weighted by atomic mass is 16.3. The van der Waals surface area contributed by atoms with E-state index in [0.29, 0.717) is 12.0 Å². The Hall–Kier alpha value is -1.64. The highest BCUT2D eigenvalue weighted by Gasteiger charge is 1.84. The van der Waals surface area contributed by atoms with Gasteiger partial charge in [0.25, 0.3) is 0 Å². The maximum absolute atomic E-state index is 9.81. The fourth-order valence-corrected chi connectivity index (χ4v) is 1.20. The first-order valence-corrected chi connectivity index (χ1v) is 5.94. The molecular weight excluding hydrogens is 216 g/mol. The SMILES string of the molecule is CCCCCC/C=C/C=O.O=Cc1ccco1. The Bertz CT molecular complexity index is 299. The fraction of sp³-hybridized carbons (Fsp3) is 0.429. The van der Waals surface area contributed by atoms with Crippen molar-refractivity contribution in [3.63, 3.8) is 0 Å². The van der Waals surface area contributed by atoms with E-state index < -0.39 is 0 Å². The predicted molar refractivity (Wildman–Crippen MR) is 68.1 cm³/mol. The molecule has 0 atom stereocenters. The lowest BCUT2D eigenvalue weighted by Crippen LogP contribution is -1.73. The molecule has 0 unspecified atom stereocenters. The normalized spacial score (nSPS) is 9.71. The van der Waals surface area contributed by atoms with E-state index in [2.05, 4.69) is 11.3 Å². The van der Waals surface area contributed by atoms with Gasteiger partial charge >= 0.3 is 0 Å². The summed E-state index contributed by atoms with van der Waals surface area (Å²) in [6.45, 7) is 2.20. The summed E-state index contributed by atoms with van der Waals surface area (Å²) in [6.07, 6.45) is 12.6. The lowest BCUT2D eigenvalue weighted by molar-refractivity contribution is -0.104. The van der Waals surface area contributed by atoms with E-state index >= 15 is 0 Å². The molecule has 1 rings (SSSR count). The van der Waals surface area contributed by atoms with Crippen LogP contribution in [0.1, 0.15) is 49.6 Å². The Morgan fingerprint density at radius 2 is 2.06 bits per heavy atom. The molecule has 0 saturated carbocycles. The van der Waals surface area contributed by atoms with Gasteiger partial charge in [-0.2, -0.15) is 0 Å². The van der Waals surface area contributed by atoms with Crippen molar-refractivity contribution in [1.82, 2.24) is 0 Å². The van der Waals surface area contributed by atoms with Gasteiger partial charge in [-0.1, -0.05) is 32.3 Å². The molecule has 0 N–H and O–H groups in total. The molecule has 0 aliphatic carbocycles.